The maximum absolute atomic E-state index is 5.34. The number of aromatic nitrogens is 4. The third kappa shape index (κ3) is 3.28. The summed E-state index contributed by atoms with van der Waals surface area (Å²) in [5, 5.41) is 4.13. The summed E-state index contributed by atoms with van der Waals surface area (Å²) in [5.41, 5.74) is 0. The molecule has 0 unspecified atom stereocenters. The number of rotatable bonds is 5. The topological polar surface area (TPSA) is 77.2 Å². The van der Waals surface area contributed by atoms with Crippen LogP contribution >= 0.6 is 0 Å². The van der Waals surface area contributed by atoms with Crippen LogP contribution in [-0.4, -0.2) is 40.3 Å². The zero-order chi connectivity index (χ0) is 15.6. The summed E-state index contributed by atoms with van der Waals surface area (Å²) in [6.07, 6.45) is 7.08. The summed E-state index contributed by atoms with van der Waals surface area (Å²) in [6, 6.07) is 1.89. The van der Waals surface area contributed by atoms with Gasteiger partial charge in [0.05, 0.1) is 7.11 Å². The van der Waals surface area contributed by atoms with Gasteiger partial charge in [-0.3, -0.25) is 0 Å². The predicted octanol–water partition coefficient (Wildman–Crippen LogP) is 2.20. The van der Waals surface area contributed by atoms with Crippen LogP contribution in [0.1, 0.15) is 43.3 Å². The van der Waals surface area contributed by atoms with E-state index < -0.39 is 0 Å². The van der Waals surface area contributed by atoms with Crippen LogP contribution in [0.25, 0.3) is 0 Å². The van der Waals surface area contributed by atoms with Crippen LogP contribution in [0.5, 0.6) is 5.88 Å². The van der Waals surface area contributed by atoms with Gasteiger partial charge < -0.3 is 14.2 Å². The minimum Gasteiger partial charge on any atom is -0.481 e. The first-order valence-corrected chi connectivity index (χ1v) is 8.25. The SMILES string of the molecule is COc1cc(N2CCC(Cc3noc(C4CC4)n3)CC2)ncn1. The molecule has 4 rings (SSSR count). The Morgan fingerprint density at radius 2 is 2.04 bits per heavy atom. The van der Waals surface area contributed by atoms with E-state index in [-0.39, 0.29) is 0 Å². The Balaban J connectivity index is 1.32. The fourth-order valence-corrected chi connectivity index (χ4v) is 3.09. The van der Waals surface area contributed by atoms with Crippen LogP contribution in [0, 0.1) is 5.92 Å². The molecule has 7 nitrogen and oxygen atoms in total. The summed E-state index contributed by atoms with van der Waals surface area (Å²) in [6.45, 7) is 1.97. The monoisotopic (exact) mass is 315 g/mol. The van der Waals surface area contributed by atoms with Gasteiger partial charge in [-0.25, -0.2) is 9.97 Å². The first-order chi connectivity index (χ1) is 11.3. The molecule has 0 aromatic carbocycles. The number of hydrogen-bond acceptors (Lipinski definition) is 7. The minimum atomic E-state index is 0.533. The summed E-state index contributed by atoms with van der Waals surface area (Å²) in [7, 11) is 1.62. The summed E-state index contributed by atoms with van der Waals surface area (Å²) in [5.74, 6) is 4.40. The Kier molecular flexibility index (Phi) is 3.85. The van der Waals surface area contributed by atoms with E-state index >= 15 is 0 Å². The highest BCUT2D eigenvalue weighted by Crippen LogP contribution is 2.39. The van der Waals surface area contributed by atoms with E-state index in [2.05, 4.69) is 25.0 Å². The lowest BCUT2D eigenvalue weighted by atomic mass is 9.93. The Morgan fingerprint density at radius 3 is 2.78 bits per heavy atom. The van der Waals surface area contributed by atoms with Crippen molar-refractivity contribution in [2.45, 2.75) is 38.0 Å². The quantitative estimate of drug-likeness (QED) is 0.837. The van der Waals surface area contributed by atoms with Crippen molar-refractivity contribution in [2.24, 2.45) is 5.92 Å². The number of piperidine rings is 1. The molecule has 1 saturated heterocycles. The molecule has 1 saturated carbocycles. The highest BCUT2D eigenvalue weighted by molar-refractivity contribution is 5.41. The van der Waals surface area contributed by atoms with Crippen LogP contribution in [0.4, 0.5) is 5.82 Å². The normalized spacial score (nSPS) is 19.1. The van der Waals surface area contributed by atoms with Crippen molar-refractivity contribution in [3.8, 4) is 5.88 Å². The molecule has 23 heavy (non-hydrogen) atoms. The van der Waals surface area contributed by atoms with Crippen LogP contribution in [0.2, 0.25) is 0 Å². The van der Waals surface area contributed by atoms with Gasteiger partial charge in [-0.1, -0.05) is 5.16 Å². The molecule has 0 amide bonds. The zero-order valence-electron chi connectivity index (χ0n) is 13.3. The lowest BCUT2D eigenvalue weighted by Crippen LogP contribution is -2.35. The first kappa shape index (κ1) is 14.4. The van der Waals surface area contributed by atoms with E-state index in [4.69, 9.17) is 9.26 Å². The molecule has 122 valence electrons. The van der Waals surface area contributed by atoms with Gasteiger partial charge in [0, 0.05) is 31.5 Å². The molecule has 2 aliphatic rings. The maximum atomic E-state index is 5.34. The summed E-state index contributed by atoms with van der Waals surface area (Å²) >= 11 is 0. The zero-order valence-corrected chi connectivity index (χ0v) is 13.3. The maximum Gasteiger partial charge on any atom is 0.229 e. The number of hydrogen-bond donors (Lipinski definition) is 0. The van der Waals surface area contributed by atoms with Crippen molar-refractivity contribution < 1.29 is 9.26 Å². The smallest absolute Gasteiger partial charge is 0.229 e. The van der Waals surface area contributed by atoms with Crippen molar-refractivity contribution in [3.63, 3.8) is 0 Å². The van der Waals surface area contributed by atoms with Crippen molar-refractivity contribution in [1.29, 1.82) is 0 Å². The molecule has 0 spiro atoms. The van der Waals surface area contributed by atoms with Crippen LogP contribution < -0.4 is 9.64 Å². The van der Waals surface area contributed by atoms with Crippen LogP contribution in [0.15, 0.2) is 16.9 Å². The fraction of sp³-hybridized carbons (Fsp3) is 0.625. The molecule has 2 aromatic rings. The van der Waals surface area contributed by atoms with E-state index in [0.29, 0.717) is 17.7 Å². The van der Waals surface area contributed by atoms with Gasteiger partial charge in [-0.05, 0) is 31.6 Å². The molecule has 3 heterocycles. The first-order valence-electron chi connectivity index (χ1n) is 8.25. The fourth-order valence-electron chi connectivity index (χ4n) is 3.09. The Bertz CT molecular complexity index is 662. The second-order valence-electron chi connectivity index (χ2n) is 6.38. The van der Waals surface area contributed by atoms with Crippen LogP contribution in [0.3, 0.4) is 0 Å². The standard InChI is InChI=1S/C16H21N5O2/c1-22-15-9-14(17-10-18-15)21-6-4-11(5-7-21)8-13-19-16(23-20-13)12-2-3-12/h9-12H,2-8H2,1H3. The molecular formula is C16H21N5O2. The molecule has 2 fully saturated rings. The van der Waals surface area contributed by atoms with E-state index in [9.17, 15) is 0 Å². The third-order valence-electron chi connectivity index (χ3n) is 4.66. The second kappa shape index (κ2) is 6.14. The highest BCUT2D eigenvalue weighted by Gasteiger charge is 2.30. The van der Waals surface area contributed by atoms with Gasteiger partial charge in [0.15, 0.2) is 5.82 Å². The molecule has 1 aliphatic heterocycles. The average molecular weight is 315 g/mol. The van der Waals surface area contributed by atoms with Crippen molar-refractivity contribution in [1.82, 2.24) is 20.1 Å². The van der Waals surface area contributed by atoms with Crippen molar-refractivity contribution in [3.05, 3.63) is 24.1 Å². The van der Waals surface area contributed by atoms with Gasteiger partial charge in [-0.15, -0.1) is 0 Å². The average Bonchev–Trinajstić information content (AvgIpc) is 3.35. The Labute approximate surface area is 135 Å². The molecule has 2 aromatic heterocycles. The molecule has 0 N–H and O–H groups in total. The van der Waals surface area contributed by atoms with E-state index in [1.165, 1.54) is 12.8 Å². The summed E-state index contributed by atoms with van der Waals surface area (Å²) < 4.78 is 10.5. The van der Waals surface area contributed by atoms with E-state index in [1.807, 2.05) is 6.07 Å². The van der Waals surface area contributed by atoms with Crippen molar-refractivity contribution in [2.75, 3.05) is 25.1 Å². The number of anilines is 1. The Hall–Kier alpha value is -2.18. The van der Waals surface area contributed by atoms with Gasteiger partial charge in [0.2, 0.25) is 11.8 Å². The number of ether oxygens (including phenoxy) is 1. The van der Waals surface area contributed by atoms with Gasteiger partial charge >= 0.3 is 0 Å². The van der Waals surface area contributed by atoms with Gasteiger partial charge in [0.1, 0.15) is 12.1 Å². The molecule has 0 radical (unpaired) electrons. The second-order valence-corrected chi connectivity index (χ2v) is 6.38. The van der Waals surface area contributed by atoms with Crippen LogP contribution in [-0.2, 0) is 6.42 Å². The Morgan fingerprint density at radius 1 is 1.22 bits per heavy atom. The van der Waals surface area contributed by atoms with Gasteiger partial charge in [-0.2, -0.15) is 4.98 Å². The van der Waals surface area contributed by atoms with E-state index in [0.717, 1.165) is 49.9 Å². The number of methoxy groups -OCH3 is 1. The van der Waals surface area contributed by atoms with Crippen molar-refractivity contribution >= 4 is 5.82 Å². The summed E-state index contributed by atoms with van der Waals surface area (Å²) in [4.78, 5) is 15.2. The lowest BCUT2D eigenvalue weighted by molar-refractivity contribution is 0.358. The molecule has 0 bridgehead atoms. The number of nitrogens with zero attached hydrogens (tertiary/aromatic N) is 5. The molecule has 7 heteroatoms. The molecule has 1 aliphatic carbocycles. The third-order valence-corrected chi connectivity index (χ3v) is 4.66. The molecule has 0 atom stereocenters. The lowest BCUT2D eigenvalue weighted by Gasteiger charge is -2.32. The minimum absolute atomic E-state index is 0.533. The molecular weight excluding hydrogens is 294 g/mol. The highest BCUT2D eigenvalue weighted by atomic mass is 16.5. The predicted molar refractivity (Wildman–Crippen MR) is 83.5 cm³/mol. The largest absolute Gasteiger partial charge is 0.481 e. The van der Waals surface area contributed by atoms with Gasteiger partial charge in [0.25, 0.3) is 0 Å². The van der Waals surface area contributed by atoms with E-state index in [1.54, 1.807) is 13.4 Å².